The molecule has 0 aliphatic heterocycles. The monoisotopic (exact) mass is 476 g/mol. The summed E-state index contributed by atoms with van der Waals surface area (Å²) in [6.07, 6.45) is -0.854. The van der Waals surface area contributed by atoms with Crippen LogP contribution in [0.1, 0.15) is 39.5 Å². The van der Waals surface area contributed by atoms with Crippen molar-refractivity contribution in [3.63, 3.8) is 0 Å². The zero-order chi connectivity index (χ0) is 25.0. The Morgan fingerprint density at radius 3 is 1.69 bits per heavy atom. The van der Waals surface area contributed by atoms with Gasteiger partial charge in [-0.15, -0.1) is 0 Å². The standard InChI is InChI=1S/C18H32N6O7S/c1-8(2)14(17(29)23-11(18(30)31)4-6-13(21)26)24-16(28)10(3-5-12(20)25)22-15(27)9(19)7-32/h8-11,14,32H,3-7,19H2,1-2H3,(H2,20,25)(H2,21,26)(H,22,27)(H,23,29)(H,24,28)(H,30,31). The van der Waals surface area contributed by atoms with Gasteiger partial charge in [-0.2, -0.15) is 12.6 Å². The highest BCUT2D eigenvalue weighted by Gasteiger charge is 2.32. The number of rotatable bonds is 15. The summed E-state index contributed by atoms with van der Waals surface area (Å²) < 4.78 is 0. The fourth-order valence-corrected chi connectivity index (χ4v) is 2.68. The van der Waals surface area contributed by atoms with Gasteiger partial charge in [0.05, 0.1) is 6.04 Å². The maximum atomic E-state index is 12.8. The molecule has 0 heterocycles. The van der Waals surface area contributed by atoms with Gasteiger partial charge in [0, 0.05) is 18.6 Å². The Bertz CT molecular complexity index is 718. The summed E-state index contributed by atoms with van der Waals surface area (Å²) >= 11 is 3.91. The molecule has 182 valence electrons. The van der Waals surface area contributed by atoms with Crippen molar-refractivity contribution in [2.24, 2.45) is 23.1 Å². The maximum Gasteiger partial charge on any atom is 0.326 e. The van der Waals surface area contributed by atoms with E-state index < -0.39 is 65.6 Å². The van der Waals surface area contributed by atoms with Crippen molar-refractivity contribution in [2.75, 3.05) is 5.75 Å². The zero-order valence-electron chi connectivity index (χ0n) is 18.0. The van der Waals surface area contributed by atoms with E-state index in [9.17, 15) is 33.9 Å². The van der Waals surface area contributed by atoms with Gasteiger partial charge in [0.2, 0.25) is 29.5 Å². The molecule has 10 N–H and O–H groups in total. The van der Waals surface area contributed by atoms with E-state index in [1.165, 1.54) is 0 Å². The molecule has 0 spiro atoms. The average Bonchev–Trinajstić information content (AvgIpc) is 2.70. The predicted octanol–water partition coefficient (Wildman–Crippen LogP) is -3.03. The van der Waals surface area contributed by atoms with Crippen LogP contribution in [0.2, 0.25) is 0 Å². The highest BCUT2D eigenvalue weighted by Crippen LogP contribution is 2.07. The van der Waals surface area contributed by atoms with Gasteiger partial charge in [0.15, 0.2) is 0 Å². The molecule has 4 unspecified atom stereocenters. The minimum Gasteiger partial charge on any atom is -0.480 e. The van der Waals surface area contributed by atoms with Gasteiger partial charge in [-0.05, 0) is 18.8 Å². The number of carboxylic acids is 1. The van der Waals surface area contributed by atoms with Crippen LogP contribution in [0.15, 0.2) is 0 Å². The molecule has 32 heavy (non-hydrogen) atoms. The number of carboxylic acid groups (broad SMARTS) is 1. The number of carbonyl (C=O) groups is 6. The fourth-order valence-electron chi connectivity index (χ4n) is 2.51. The van der Waals surface area contributed by atoms with Crippen molar-refractivity contribution in [1.82, 2.24) is 16.0 Å². The van der Waals surface area contributed by atoms with E-state index in [0.29, 0.717) is 0 Å². The molecular formula is C18H32N6O7S. The molecule has 0 aromatic heterocycles. The number of thiol groups is 1. The molecular weight excluding hydrogens is 444 g/mol. The number of hydrogen-bond donors (Lipinski definition) is 8. The lowest BCUT2D eigenvalue weighted by molar-refractivity contribution is -0.143. The van der Waals surface area contributed by atoms with Crippen LogP contribution in [0.5, 0.6) is 0 Å². The van der Waals surface area contributed by atoms with E-state index in [0.717, 1.165) is 0 Å². The Morgan fingerprint density at radius 2 is 1.28 bits per heavy atom. The molecule has 0 saturated heterocycles. The summed E-state index contributed by atoms with van der Waals surface area (Å²) in [6.45, 7) is 3.22. The second-order valence-corrected chi connectivity index (χ2v) is 7.86. The minimum absolute atomic E-state index is 0.00883. The summed E-state index contributed by atoms with van der Waals surface area (Å²) in [7, 11) is 0. The Morgan fingerprint density at radius 1 is 0.812 bits per heavy atom. The van der Waals surface area contributed by atoms with Crippen LogP contribution in [-0.4, -0.2) is 70.5 Å². The summed E-state index contributed by atoms with van der Waals surface area (Å²) in [5.74, 6) is -5.56. The van der Waals surface area contributed by atoms with Crippen LogP contribution in [0.4, 0.5) is 0 Å². The second kappa shape index (κ2) is 14.2. The van der Waals surface area contributed by atoms with Crippen LogP contribution in [0.25, 0.3) is 0 Å². The smallest absolute Gasteiger partial charge is 0.326 e. The predicted molar refractivity (Wildman–Crippen MR) is 117 cm³/mol. The molecule has 0 saturated carbocycles. The fraction of sp³-hybridized carbons (Fsp3) is 0.667. The first kappa shape index (κ1) is 29.1. The van der Waals surface area contributed by atoms with E-state index >= 15 is 0 Å². The molecule has 0 aliphatic rings. The van der Waals surface area contributed by atoms with Crippen molar-refractivity contribution >= 4 is 48.1 Å². The van der Waals surface area contributed by atoms with Crippen molar-refractivity contribution < 1.29 is 33.9 Å². The SMILES string of the molecule is CC(C)C(NC(=O)C(CCC(N)=O)NC(=O)C(N)CS)C(=O)NC(CCC(N)=O)C(=O)O. The Hall–Kier alpha value is -2.87. The molecule has 0 aliphatic carbocycles. The van der Waals surface area contributed by atoms with Gasteiger partial charge in [-0.25, -0.2) is 4.79 Å². The van der Waals surface area contributed by atoms with Gasteiger partial charge in [-0.1, -0.05) is 13.8 Å². The summed E-state index contributed by atoms with van der Waals surface area (Å²) in [4.78, 5) is 70.9. The third kappa shape index (κ3) is 10.9. The van der Waals surface area contributed by atoms with Crippen LogP contribution in [-0.2, 0) is 28.8 Å². The molecule has 0 aromatic rings. The number of carbonyl (C=O) groups excluding carboxylic acids is 5. The first-order chi connectivity index (χ1) is 14.8. The summed E-state index contributed by atoms with van der Waals surface area (Å²) in [5.41, 5.74) is 15.7. The first-order valence-corrected chi connectivity index (χ1v) is 10.5. The van der Waals surface area contributed by atoms with Crippen molar-refractivity contribution in [1.29, 1.82) is 0 Å². The molecule has 0 fully saturated rings. The normalized spacial score (nSPS) is 14.5. The zero-order valence-corrected chi connectivity index (χ0v) is 18.9. The lowest BCUT2D eigenvalue weighted by Gasteiger charge is -2.27. The number of nitrogens with one attached hydrogen (secondary N) is 3. The summed E-state index contributed by atoms with van der Waals surface area (Å²) in [5, 5.41) is 16.4. The van der Waals surface area contributed by atoms with Gasteiger partial charge in [0.1, 0.15) is 18.1 Å². The quantitative estimate of drug-likeness (QED) is 0.113. The Balaban J connectivity index is 5.42. The van der Waals surface area contributed by atoms with Crippen LogP contribution in [0, 0.1) is 5.92 Å². The van der Waals surface area contributed by atoms with E-state index in [1.54, 1.807) is 13.8 Å². The van der Waals surface area contributed by atoms with Crippen molar-refractivity contribution in [3.8, 4) is 0 Å². The number of aliphatic carboxylic acids is 1. The maximum absolute atomic E-state index is 12.8. The van der Waals surface area contributed by atoms with Gasteiger partial charge >= 0.3 is 5.97 Å². The lowest BCUT2D eigenvalue weighted by atomic mass is 10.0. The number of primary amides is 2. The molecule has 0 aromatic carbocycles. The molecule has 5 amide bonds. The summed E-state index contributed by atoms with van der Waals surface area (Å²) in [6, 6.07) is -4.80. The van der Waals surface area contributed by atoms with Crippen LogP contribution in [0.3, 0.4) is 0 Å². The molecule has 0 rings (SSSR count). The van der Waals surface area contributed by atoms with Gasteiger partial charge < -0.3 is 38.3 Å². The topological polar surface area (TPSA) is 237 Å². The molecule has 4 atom stereocenters. The van der Waals surface area contributed by atoms with E-state index in [-0.39, 0.29) is 31.4 Å². The molecule has 0 bridgehead atoms. The largest absolute Gasteiger partial charge is 0.480 e. The first-order valence-electron chi connectivity index (χ1n) is 9.87. The van der Waals surface area contributed by atoms with Crippen LogP contribution >= 0.6 is 12.6 Å². The van der Waals surface area contributed by atoms with E-state index in [4.69, 9.17) is 17.2 Å². The molecule has 13 nitrogen and oxygen atoms in total. The van der Waals surface area contributed by atoms with Gasteiger partial charge in [0.25, 0.3) is 0 Å². The van der Waals surface area contributed by atoms with E-state index in [1.807, 2.05) is 0 Å². The van der Waals surface area contributed by atoms with Crippen LogP contribution < -0.4 is 33.2 Å². The second-order valence-electron chi connectivity index (χ2n) is 7.49. The third-order valence-corrected chi connectivity index (χ3v) is 4.78. The van der Waals surface area contributed by atoms with Gasteiger partial charge in [-0.3, -0.25) is 24.0 Å². The average molecular weight is 477 g/mol. The highest BCUT2D eigenvalue weighted by molar-refractivity contribution is 7.80. The molecule has 14 heteroatoms. The molecule has 0 radical (unpaired) electrons. The van der Waals surface area contributed by atoms with E-state index in [2.05, 4.69) is 28.6 Å². The highest BCUT2D eigenvalue weighted by atomic mass is 32.1. The van der Waals surface area contributed by atoms with Crippen molar-refractivity contribution in [2.45, 2.75) is 63.7 Å². The third-order valence-electron chi connectivity index (χ3n) is 4.39. The Kier molecular flexibility index (Phi) is 13.0. The minimum atomic E-state index is -1.40. The Labute approximate surface area is 191 Å². The number of amides is 5. The van der Waals surface area contributed by atoms with Crippen molar-refractivity contribution in [3.05, 3.63) is 0 Å². The lowest BCUT2D eigenvalue weighted by Crippen LogP contribution is -2.58. The number of hydrogen-bond acceptors (Lipinski definition) is 8. The number of nitrogens with two attached hydrogens (primary N) is 3.